The van der Waals surface area contributed by atoms with Crippen molar-refractivity contribution in [3.63, 3.8) is 0 Å². The van der Waals surface area contributed by atoms with Gasteiger partial charge >= 0.3 is 0 Å². The fourth-order valence-corrected chi connectivity index (χ4v) is 6.29. The van der Waals surface area contributed by atoms with E-state index in [4.69, 9.17) is 0 Å². The third-order valence-electron chi connectivity index (χ3n) is 5.02. The van der Waals surface area contributed by atoms with Crippen molar-refractivity contribution in [3.8, 4) is 0 Å². The Balaban J connectivity index is 1.72. The zero-order chi connectivity index (χ0) is 21.7. The van der Waals surface area contributed by atoms with Gasteiger partial charge in [-0.2, -0.15) is 0 Å². The van der Waals surface area contributed by atoms with E-state index in [9.17, 15) is 21.6 Å². The van der Waals surface area contributed by atoms with Crippen molar-refractivity contribution in [2.24, 2.45) is 0 Å². The lowest BCUT2D eigenvalue weighted by Gasteiger charge is -2.17. The highest BCUT2D eigenvalue weighted by Gasteiger charge is 2.30. The number of aromatic amines is 1. The summed E-state index contributed by atoms with van der Waals surface area (Å²) in [6.45, 7) is 3.26. The predicted molar refractivity (Wildman–Crippen MR) is 115 cm³/mol. The maximum atomic E-state index is 12.9. The molecule has 3 N–H and O–H groups in total. The number of benzene rings is 2. The van der Waals surface area contributed by atoms with Crippen molar-refractivity contribution in [2.75, 3.05) is 4.72 Å². The second kappa shape index (κ2) is 7.22. The van der Waals surface area contributed by atoms with Gasteiger partial charge in [-0.3, -0.25) is 9.52 Å². The number of H-pyrrole nitrogens is 1. The molecule has 1 saturated carbocycles. The molecule has 10 heteroatoms. The molecule has 1 heterocycles. The third-order valence-corrected chi connectivity index (χ3v) is 8.19. The number of aryl methyl sites for hydroxylation is 1. The van der Waals surface area contributed by atoms with Crippen molar-refractivity contribution in [1.82, 2.24) is 9.71 Å². The normalized spacial score (nSPS) is 14.7. The lowest BCUT2D eigenvalue weighted by molar-refractivity contribution is 0.579. The van der Waals surface area contributed by atoms with Crippen molar-refractivity contribution in [1.29, 1.82) is 0 Å². The predicted octanol–water partition coefficient (Wildman–Crippen LogP) is 2.39. The first-order valence-electron chi connectivity index (χ1n) is 9.35. The van der Waals surface area contributed by atoms with E-state index in [0.29, 0.717) is 22.0 Å². The smallest absolute Gasteiger partial charge is 0.261 e. The highest BCUT2D eigenvalue weighted by Crippen LogP contribution is 2.30. The zero-order valence-corrected chi connectivity index (χ0v) is 18.0. The number of pyridine rings is 1. The molecule has 3 aromatic rings. The Labute approximate surface area is 174 Å². The fourth-order valence-electron chi connectivity index (χ4n) is 3.33. The summed E-state index contributed by atoms with van der Waals surface area (Å²) in [6.07, 6.45) is 1.60. The van der Waals surface area contributed by atoms with Crippen molar-refractivity contribution in [3.05, 3.63) is 63.9 Å². The van der Waals surface area contributed by atoms with Crippen LogP contribution in [0.15, 0.2) is 57.1 Å². The van der Waals surface area contributed by atoms with Crippen LogP contribution in [0, 0.1) is 13.8 Å². The van der Waals surface area contributed by atoms with Gasteiger partial charge in [-0.15, -0.1) is 0 Å². The average molecular weight is 448 g/mol. The molecule has 4 rings (SSSR count). The first-order chi connectivity index (χ1) is 14.1. The molecule has 0 aliphatic heterocycles. The maximum Gasteiger partial charge on any atom is 0.261 e. The molecule has 0 spiro atoms. The van der Waals surface area contributed by atoms with E-state index in [0.717, 1.165) is 12.8 Å². The van der Waals surface area contributed by atoms with E-state index >= 15 is 0 Å². The van der Waals surface area contributed by atoms with Gasteiger partial charge in [0.2, 0.25) is 15.6 Å². The minimum Gasteiger partial charge on any atom is -0.322 e. The van der Waals surface area contributed by atoms with E-state index in [1.807, 2.05) is 0 Å². The van der Waals surface area contributed by atoms with Crippen LogP contribution in [0.5, 0.6) is 0 Å². The molecule has 1 aliphatic rings. The number of fused-ring (bicyclic) bond motifs is 1. The van der Waals surface area contributed by atoms with Gasteiger partial charge in [-0.25, -0.2) is 21.6 Å². The van der Waals surface area contributed by atoms with Gasteiger partial charge in [0.05, 0.1) is 15.5 Å². The lowest BCUT2D eigenvalue weighted by Crippen LogP contribution is -2.27. The van der Waals surface area contributed by atoms with Crippen LogP contribution < -0.4 is 15.0 Å². The largest absolute Gasteiger partial charge is 0.322 e. The van der Waals surface area contributed by atoms with Gasteiger partial charge in [0.1, 0.15) is 0 Å². The van der Waals surface area contributed by atoms with Gasteiger partial charge in [0.15, 0.2) is 0 Å². The number of sulfonamides is 2. The summed E-state index contributed by atoms with van der Waals surface area (Å²) in [5, 5.41) is 0.565. The van der Waals surface area contributed by atoms with Gasteiger partial charge < -0.3 is 4.98 Å². The standard InChI is InChI=1S/C20H21N3O5S2/c1-12-3-8-17(13(2)20(12)30(27,28)22-15-5-6-15)23-29(25,26)16-7-9-18-14(11-16)4-10-19(24)21-18/h3-4,7-11,15,22-23H,5-6H2,1-2H3,(H,21,24). The van der Waals surface area contributed by atoms with E-state index in [1.165, 1.54) is 24.3 Å². The summed E-state index contributed by atoms with van der Waals surface area (Å²) in [6, 6.07) is 10.3. The van der Waals surface area contributed by atoms with Gasteiger partial charge in [0.25, 0.3) is 10.0 Å². The Bertz CT molecular complexity index is 1420. The first-order valence-corrected chi connectivity index (χ1v) is 12.3. The van der Waals surface area contributed by atoms with Crippen LogP contribution in [-0.4, -0.2) is 27.9 Å². The molecule has 1 aromatic heterocycles. The summed E-state index contributed by atoms with van der Waals surface area (Å²) < 4.78 is 56.6. The average Bonchev–Trinajstić information content (AvgIpc) is 3.46. The fraction of sp³-hybridized carbons (Fsp3) is 0.250. The Hall–Kier alpha value is -2.69. The SMILES string of the molecule is Cc1ccc(NS(=O)(=O)c2ccc3[nH]c(=O)ccc3c2)c(C)c1S(=O)(=O)NC1CC1. The Morgan fingerprint density at radius 2 is 1.67 bits per heavy atom. The summed E-state index contributed by atoms with van der Waals surface area (Å²) in [5.41, 5.74) is 1.31. The van der Waals surface area contributed by atoms with Crippen LogP contribution >= 0.6 is 0 Å². The van der Waals surface area contributed by atoms with Crippen LogP contribution in [0.1, 0.15) is 24.0 Å². The molecule has 0 saturated heterocycles. The maximum absolute atomic E-state index is 12.9. The van der Waals surface area contributed by atoms with Crippen molar-refractivity contribution < 1.29 is 16.8 Å². The van der Waals surface area contributed by atoms with Gasteiger partial charge in [-0.05, 0) is 73.5 Å². The minimum atomic E-state index is -3.98. The van der Waals surface area contributed by atoms with Crippen LogP contribution in [0.4, 0.5) is 5.69 Å². The molecule has 8 nitrogen and oxygen atoms in total. The van der Waals surface area contributed by atoms with E-state index in [2.05, 4.69) is 14.4 Å². The highest BCUT2D eigenvalue weighted by molar-refractivity contribution is 7.92. The second-order valence-electron chi connectivity index (χ2n) is 7.46. The van der Waals surface area contributed by atoms with E-state index in [-0.39, 0.29) is 27.1 Å². The second-order valence-corrected chi connectivity index (χ2v) is 10.8. The molecular formula is C20H21N3O5S2. The van der Waals surface area contributed by atoms with Crippen LogP contribution in [0.25, 0.3) is 10.9 Å². The number of rotatable bonds is 6. The Morgan fingerprint density at radius 1 is 0.933 bits per heavy atom. The van der Waals surface area contributed by atoms with Gasteiger partial charge in [-0.1, -0.05) is 6.07 Å². The number of hydrogen-bond acceptors (Lipinski definition) is 5. The molecule has 158 valence electrons. The summed E-state index contributed by atoms with van der Waals surface area (Å²) in [5.74, 6) is 0. The number of aromatic nitrogens is 1. The van der Waals surface area contributed by atoms with Gasteiger partial charge in [0, 0.05) is 17.6 Å². The van der Waals surface area contributed by atoms with Crippen molar-refractivity contribution in [2.45, 2.75) is 42.5 Å². The molecule has 1 fully saturated rings. The quantitative estimate of drug-likeness (QED) is 0.535. The van der Waals surface area contributed by atoms with Crippen LogP contribution in [0.2, 0.25) is 0 Å². The molecule has 0 radical (unpaired) electrons. The molecule has 30 heavy (non-hydrogen) atoms. The molecule has 0 unspecified atom stereocenters. The van der Waals surface area contributed by atoms with Crippen molar-refractivity contribution >= 4 is 36.6 Å². The number of hydrogen-bond donors (Lipinski definition) is 3. The number of anilines is 1. The van der Waals surface area contributed by atoms with E-state index < -0.39 is 20.0 Å². The molecule has 1 aliphatic carbocycles. The minimum absolute atomic E-state index is 0.00235. The summed E-state index contributed by atoms with van der Waals surface area (Å²) >= 11 is 0. The highest BCUT2D eigenvalue weighted by atomic mass is 32.2. The molecule has 0 amide bonds. The third kappa shape index (κ3) is 3.98. The first kappa shape index (κ1) is 20.6. The molecule has 0 bridgehead atoms. The zero-order valence-electron chi connectivity index (χ0n) is 16.4. The topological polar surface area (TPSA) is 125 Å². The lowest BCUT2D eigenvalue weighted by atomic mass is 10.1. The van der Waals surface area contributed by atoms with E-state index in [1.54, 1.807) is 32.0 Å². The molecule has 2 aromatic carbocycles. The molecule has 0 atom stereocenters. The van der Waals surface area contributed by atoms with Crippen LogP contribution in [-0.2, 0) is 20.0 Å². The Morgan fingerprint density at radius 3 is 2.37 bits per heavy atom. The molecular weight excluding hydrogens is 426 g/mol. The number of nitrogens with one attached hydrogen (secondary N) is 3. The monoisotopic (exact) mass is 447 g/mol. The summed E-state index contributed by atoms with van der Waals surface area (Å²) in [4.78, 5) is 14.1. The Kier molecular flexibility index (Phi) is 4.95. The summed E-state index contributed by atoms with van der Waals surface area (Å²) in [7, 11) is -7.73. The van der Waals surface area contributed by atoms with Crippen LogP contribution in [0.3, 0.4) is 0 Å².